The number of nitrogens with zero attached hydrogens (tertiary/aromatic N) is 1. The highest BCUT2D eigenvalue weighted by Crippen LogP contribution is 2.25. The third-order valence-corrected chi connectivity index (χ3v) is 6.16. The molecule has 0 saturated carbocycles. The molecular formula is C27H28ClNO3. The molecule has 1 aliphatic heterocycles. The van der Waals surface area contributed by atoms with Gasteiger partial charge in [0.2, 0.25) is 0 Å². The maximum absolute atomic E-state index is 11.8. The number of piperidine rings is 1. The minimum Gasteiger partial charge on any atom is -0.465 e. The third-order valence-electron chi connectivity index (χ3n) is 5.91. The van der Waals surface area contributed by atoms with Crippen molar-refractivity contribution in [3.8, 4) is 11.1 Å². The highest BCUT2D eigenvalue weighted by atomic mass is 35.5. The zero-order chi connectivity index (χ0) is 22.3. The number of anilines is 1. The van der Waals surface area contributed by atoms with Crippen molar-refractivity contribution in [2.45, 2.75) is 19.4 Å². The van der Waals surface area contributed by atoms with Crippen LogP contribution in [0.4, 0.5) is 5.69 Å². The second-order valence-corrected chi connectivity index (χ2v) is 8.65. The highest BCUT2D eigenvalue weighted by molar-refractivity contribution is 6.30. The van der Waals surface area contributed by atoms with Gasteiger partial charge < -0.3 is 14.4 Å². The van der Waals surface area contributed by atoms with Gasteiger partial charge in [0.1, 0.15) is 0 Å². The van der Waals surface area contributed by atoms with Crippen molar-refractivity contribution < 1.29 is 14.3 Å². The van der Waals surface area contributed by atoms with Gasteiger partial charge in [-0.3, -0.25) is 0 Å². The van der Waals surface area contributed by atoms with Crippen LogP contribution in [0.15, 0.2) is 72.8 Å². The molecule has 0 radical (unpaired) electrons. The second kappa shape index (κ2) is 10.7. The highest BCUT2D eigenvalue weighted by Gasteiger charge is 2.21. The second-order valence-electron chi connectivity index (χ2n) is 8.22. The summed E-state index contributed by atoms with van der Waals surface area (Å²) in [6.07, 6.45) is 2.27. The normalized spacial score (nSPS) is 16.1. The van der Waals surface area contributed by atoms with Gasteiger partial charge in [0.15, 0.2) is 0 Å². The lowest BCUT2D eigenvalue weighted by Gasteiger charge is -2.34. The number of rotatable bonds is 7. The molecule has 3 aromatic carbocycles. The van der Waals surface area contributed by atoms with Crippen LogP contribution in [0.25, 0.3) is 11.1 Å². The number of ether oxygens (including phenoxy) is 2. The fourth-order valence-electron chi connectivity index (χ4n) is 4.16. The van der Waals surface area contributed by atoms with Gasteiger partial charge in [0.05, 0.1) is 25.9 Å². The first-order valence-electron chi connectivity index (χ1n) is 11.0. The number of benzene rings is 3. The molecule has 1 fully saturated rings. The van der Waals surface area contributed by atoms with Gasteiger partial charge in [-0.1, -0.05) is 54.1 Å². The molecule has 166 valence electrons. The number of hydrogen-bond donors (Lipinski definition) is 0. The van der Waals surface area contributed by atoms with Crippen molar-refractivity contribution in [3.05, 3.63) is 88.9 Å². The van der Waals surface area contributed by atoms with Gasteiger partial charge in [0.25, 0.3) is 0 Å². The summed E-state index contributed by atoms with van der Waals surface area (Å²) in [5.74, 6) is 0.171. The predicted octanol–water partition coefficient (Wildman–Crippen LogP) is 6.23. The SMILES string of the molecule is COC(=O)c1cccc(N2CCCC(COCc3ccc(-c4ccc(Cl)cc4)cc3)C2)c1. The minimum atomic E-state index is -0.300. The average molecular weight is 450 g/mol. The lowest BCUT2D eigenvalue weighted by Crippen LogP contribution is -2.37. The molecule has 0 spiro atoms. The smallest absolute Gasteiger partial charge is 0.337 e. The number of carbonyl (C=O) groups excluding carboxylic acids is 1. The van der Waals surface area contributed by atoms with Crippen molar-refractivity contribution in [1.29, 1.82) is 0 Å². The molecule has 4 nitrogen and oxygen atoms in total. The van der Waals surface area contributed by atoms with Gasteiger partial charge in [-0.2, -0.15) is 0 Å². The number of hydrogen-bond acceptors (Lipinski definition) is 4. The standard InChI is InChI=1S/C27H28ClNO3/c1-31-27(30)24-5-2-6-26(16-24)29-15-3-4-21(17-29)19-32-18-20-7-9-22(10-8-20)23-11-13-25(28)14-12-23/h2,5-14,16,21H,3-4,15,17-19H2,1H3. The van der Waals surface area contributed by atoms with E-state index in [1.165, 1.54) is 18.2 Å². The number of methoxy groups -OCH3 is 1. The van der Waals surface area contributed by atoms with Crippen molar-refractivity contribution in [1.82, 2.24) is 0 Å². The summed E-state index contributed by atoms with van der Waals surface area (Å²) in [6, 6.07) is 24.0. The molecule has 0 aliphatic carbocycles. The molecular weight excluding hydrogens is 422 g/mol. The van der Waals surface area contributed by atoms with Gasteiger partial charge in [-0.05, 0) is 65.8 Å². The minimum absolute atomic E-state index is 0.300. The molecule has 1 aliphatic rings. The number of halogens is 1. The van der Waals surface area contributed by atoms with E-state index in [1.807, 2.05) is 36.4 Å². The molecule has 1 saturated heterocycles. The van der Waals surface area contributed by atoms with Gasteiger partial charge in [-0.25, -0.2) is 4.79 Å². The first kappa shape index (κ1) is 22.4. The van der Waals surface area contributed by atoms with Gasteiger partial charge in [-0.15, -0.1) is 0 Å². The Kier molecular flexibility index (Phi) is 7.46. The summed E-state index contributed by atoms with van der Waals surface area (Å²) in [5, 5.41) is 0.746. The first-order chi connectivity index (χ1) is 15.6. The van der Waals surface area contributed by atoms with Crippen LogP contribution in [-0.4, -0.2) is 32.8 Å². The predicted molar refractivity (Wildman–Crippen MR) is 129 cm³/mol. The topological polar surface area (TPSA) is 38.8 Å². The molecule has 0 N–H and O–H groups in total. The van der Waals surface area contributed by atoms with Crippen LogP contribution in [-0.2, 0) is 16.1 Å². The fourth-order valence-corrected chi connectivity index (χ4v) is 4.29. The molecule has 0 bridgehead atoms. The Morgan fingerprint density at radius 3 is 2.47 bits per heavy atom. The molecule has 0 aromatic heterocycles. The Morgan fingerprint density at radius 2 is 1.75 bits per heavy atom. The van der Waals surface area contributed by atoms with E-state index in [1.54, 1.807) is 6.07 Å². The maximum atomic E-state index is 11.8. The van der Waals surface area contributed by atoms with Crippen LogP contribution in [0.1, 0.15) is 28.8 Å². The lowest BCUT2D eigenvalue weighted by atomic mass is 9.98. The van der Waals surface area contributed by atoms with Gasteiger partial charge in [0, 0.05) is 23.8 Å². The summed E-state index contributed by atoms with van der Waals surface area (Å²) in [7, 11) is 1.41. The largest absolute Gasteiger partial charge is 0.465 e. The maximum Gasteiger partial charge on any atom is 0.337 e. The zero-order valence-electron chi connectivity index (χ0n) is 18.3. The van der Waals surface area contributed by atoms with Crippen LogP contribution in [0.5, 0.6) is 0 Å². The van der Waals surface area contributed by atoms with Crippen LogP contribution in [0, 0.1) is 5.92 Å². The van der Waals surface area contributed by atoms with E-state index in [9.17, 15) is 4.79 Å². The molecule has 1 heterocycles. The van der Waals surface area contributed by atoms with E-state index in [4.69, 9.17) is 21.1 Å². The lowest BCUT2D eigenvalue weighted by molar-refractivity contribution is 0.0600. The summed E-state index contributed by atoms with van der Waals surface area (Å²) in [6.45, 7) is 3.26. The Labute approximate surface area is 194 Å². The third kappa shape index (κ3) is 5.70. The van der Waals surface area contributed by atoms with E-state index in [-0.39, 0.29) is 5.97 Å². The van der Waals surface area contributed by atoms with Crippen LogP contribution >= 0.6 is 11.6 Å². The van der Waals surface area contributed by atoms with E-state index in [0.29, 0.717) is 18.1 Å². The molecule has 3 aromatic rings. The van der Waals surface area contributed by atoms with E-state index in [2.05, 4.69) is 35.2 Å². The summed E-state index contributed by atoms with van der Waals surface area (Å²) < 4.78 is 10.9. The van der Waals surface area contributed by atoms with Crippen LogP contribution in [0.3, 0.4) is 0 Å². The number of carbonyl (C=O) groups is 1. The van der Waals surface area contributed by atoms with Crippen LogP contribution < -0.4 is 4.90 Å². The first-order valence-corrected chi connectivity index (χ1v) is 11.4. The van der Waals surface area contributed by atoms with E-state index in [0.717, 1.165) is 48.8 Å². The summed E-state index contributed by atoms with van der Waals surface area (Å²) in [4.78, 5) is 14.2. The Bertz CT molecular complexity index is 1030. The molecule has 5 heteroatoms. The Hall–Kier alpha value is -2.82. The fraction of sp³-hybridized carbons (Fsp3) is 0.296. The molecule has 1 atom stereocenters. The summed E-state index contributed by atoms with van der Waals surface area (Å²) in [5.41, 5.74) is 5.14. The Morgan fingerprint density at radius 1 is 1.03 bits per heavy atom. The van der Waals surface area contributed by atoms with Crippen molar-refractivity contribution in [2.75, 3.05) is 31.7 Å². The van der Waals surface area contributed by atoms with E-state index >= 15 is 0 Å². The Balaban J connectivity index is 1.29. The van der Waals surface area contributed by atoms with Gasteiger partial charge >= 0.3 is 5.97 Å². The average Bonchev–Trinajstić information content (AvgIpc) is 2.85. The quantitative estimate of drug-likeness (QED) is 0.401. The molecule has 0 amide bonds. The summed E-state index contributed by atoms with van der Waals surface area (Å²) >= 11 is 5.98. The zero-order valence-corrected chi connectivity index (χ0v) is 19.1. The number of esters is 1. The molecule has 32 heavy (non-hydrogen) atoms. The molecule has 4 rings (SSSR count). The van der Waals surface area contributed by atoms with Crippen molar-refractivity contribution in [2.24, 2.45) is 5.92 Å². The van der Waals surface area contributed by atoms with E-state index < -0.39 is 0 Å². The van der Waals surface area contributed by atoms with Crippen molar-refractivity contribution in [3.63, 3.8) is 0 Å². The molecule has 1 unspecified atom stereocenters. The van der Waals surface area contributed by atoms with Crippen molar-refractivity contribution >= 4 is 23.3 Å². The van der Waals surface area contributed by atoms with Crippen LogP contribution in [0.2, 0.25) is 5.02 Å². The monoisotopic (exact) mass is 449 g/mol.